The van der Waals surface area contributed by atoms with Gasteiger partial charge in [0.05, 0.1) is 0 Å². The lowest BCUT2D eigenvalue weighted by atomic mass is 9.93. The normalized spacial score (nSPS) is 18.1. The molecule has 57 heavy (non-hydrogen) atoms. The fourth-order valence-corrected chi connectivity index (χ4v) is 9.17. The van der Waals surface area contributed by atoms with E-state index < -0.39 is 6.17 Å². The SMILES string of the molecule is c1ccc(C2=NC(c3cccc4oc5cc(-c6cccc(N7c8ccccc8C8Oc9ccccc9C87)c6)c6ccccc6c5c34)NC(c3ccccc3)=N2)cc1. The van der Waals surface area contributed by atoms with E-state index in [2.05, 4.69) is 156 Å². The molecule has 3 atom stereocenters. The van der Waals surface area contributed by atoms with Gasteiger partial charge in [0, 0.05) is 50.0 Å². The number of amidine groups is 2. The summed E-state index contributed by atoms with van der Waals surface area (Å²) < 4.78 is 13.4. The highest BCUT2D eigenvalue weighted by molar-refractivity contribution is 6.23. The molecule has 1 aromatic heterocycles. The van der Waals surface area contributed by atoms with E-state index in [0.717, 1.165) is 77.8 Å². The maximum Gasteiger partial charge on any atom is 0.159 e. The molecule has 3 aliphatic rings. The molecule has 0 fully saturated rings. The third-order valence-corrected chi connectivity index (χ3v) is 11.6. The van der Waals surface area contributed by atoms with Gasteiger partial charge < -0.3 is 19.4 Å². The molecule has 270 valence electrons. The number of hydrogen-bond acceptors (Lipinski definition) is 6. The van der Waals surface area contributed by atoms with Crippen molar-refractivity contribution < 1.29 is 9.15 Å². The zero-order valence-electron chi connectivity index (χ0n) is 30.7. The molecular formula is C51H34N4O2. The van der Waals surface area contributed by atoms with Crippen molar-refractivity contribution in [1.29, 1.82) is 0 Å². The quantitative estimate of drug-likeness (QED) is 0.191. The average Bonchev–Trinajstić information content (AvgIpc) is 3.96. The third-order valence-electron chi connectivity index (χ3n) is 11.6. The standard InChI is InChI=1S/C51H34N4O2/c1-3-15-31(16-4-1)49-52-50(32-17-5-2-6-18-32)54-51(53-49)39-25-14-28-43-46(39)45-36-22-8-7-21-35(36)40(30-44(45)56-43)33-19-13-20-34(29-33)55-41-26-11-9-23-37(41)48-47(55)38-24-10-12-27-42(38)57-48/h1-30,47-48,51H,(H,52,53,54). The molecule has 12 rings (SSSR count). The molecule has 0 spiro atoms. The van der Waals surface area contributed by atoms with E-state index in [-0.39, 0.29) is 12.1 Å². The Morgan fingerprint density at radius 2 is 1.21 bits per heavy atom. The molecule has 6 nitrogen and oxygen atoms in total. The summed E-state index contributed by atoms with van der Waals surface area (Å²) in [5.74, 6) is 2.43. The van der Waals surface area contributed by atoms with Crippen molar-refractivity contribution in [2.45, 2.75) is 18.3 Å². The van der Waals surface area contributed by atoms with Gasteiger partial charge in [-0.05, 0) is 58.3 Å². The van der Waals surface area contributed by atoms with Crippen LogP contribution >= 0.6 is 0 Å². The molecule has 1 N–H and O–H groups in total. The highest BCUT2D eigenvalue weighted by atomic mass is 16.5. The van der Waals surface area contributed by atoms with Crippen molar-refractivity contribution >= 4 is 55.8 Å². The van der Waals surface area contributed by atoms with E-state index in [1.54, 1.807) is 0 Å². The lowest BCUT2D eigenvalue weighted by Gasteiger charge is -2.27. The molecule has 3 unspecified atom stereocenters. The zero-order valence-corrected chi connectivity index (χ0v) is 30.7. The van der Waals surface area contributed by atoms with Crippen molar-refractivity contribution in [2.75, 3.05) is 4.90 Å². The summed E-state index contributed by atoms with van der Waals surface area (Å²) in [6.45, 7) is 0. The maximum atomic E-state index is 6.82. The molecule has 3 aliphatic heterocycles. The summed E-state index contributed by atoms with van der Waals surface area (Å²) in [6.07, 6.45) is -0.463. The Morgan fingerprint density at radius 3 is 2.07 bits per heavy atom. The van der Waals surface area contributed by atoms with Gasteiger partial charge in [0.25, 0.3) is 0 Å². The number of benzene rings is 8. The number of hydrogen-bond donors (Lipinski definition) is 1. The Bertz CT molecular complexity index is 3110. The third kappa shape index (κ3) is 4.97. The van der Waals surface area contributed by atoms with E-state index in [1.165, 1.54) is 16.8 Å². The topological polar surface area (TPSA) is 62.4 Å². The van der Waals surface area contributed by atoms with Crippen LogP contribution in [0.5, 0.6) is 5.75 Å². The summed E-state index contributed by atoms with van der Waals surface area (Å²) in [7, 11) is 0. The number of ether oxygens (including phenoxy) is 1. The number of anilines is 2. The molecule has 0 saturated heterocycles. The molecule has 0 saturated carbocycles. The van der Waals surface area contributed by atoms with E-state index >= 15 is 0 Å². The van der Waals surface area contributed by atoms with Crippen molar-refractivity contribution in [2.24, 2.45) is 9.98 Å². The Balaban J connectivity index is 1.01. The number of para-hydroxylation sites is 2. The molecule has 0 aliphatic carbocycles. The van der Waals surface area contributed by atoms with Crippen LogP contribution in [0.25, 0.3) is 43.8 Å². The van der Waals surface area contributed by atoms with Crippen molar-refractivity contribution in [1.82, 2.24) is 5.32 Å². The van der Waals surface area contributed by atoms with Gasteiger partial charge in [-0.1, -0.05) is 146 Å². The predicted molar refractivity (Wildman–Crippen MR) is 230 cm³/mol. The van der Waals surface area contributed by atoms with Crippen LogP contribution < -0.4 is 15.0 Å². The number of furan rings is 1. The molecule has 9 aromatic rings. The van der Waals surface area contributed by atoms with Gasteiger partial charge in [-0.2, -0.15) is 0 Å². The molecule has 8 aromatic carbocycles. The van der Waals surface area contributed by atoms with Crippen molar-refractivity contribution in [3.05, 3.63) is 210 Å². The first-order valence-electron chi connectivity index (χ1n) is 19.4. The van der Waals surface area contributed by atoms with Gasteiger partial charge in [-0.15, -0.1) is 0 Å². The highest BCUT2D eigenvalue weighted by Crippen LogP contribution is 2.58. The second-order valence-electron chi connectivity index (χ2n) is 14.9. The Labute approximate surface area is 329 Å². The largest absolute Gasteiger partial charge is 0.483 e. The van der Waals surface area contributed by atoms with Crippen LogP contribution in [-0.4, -0.2) is 11.7 Å². The molecule has 4 heterocycles. The first kappa shape index (κ1) is 31.9. The van der Waals surface area contributed by atoms with Gasteiger partial charge in [0.15, 0.2) is 11.9 Å². The first-order valence-corrected chi connectivity index (χ1v) is 19.4. The second kappa shape index (κ2) is 12.5. The van der Waals surface area contributed by atoms with Crippen LogP contribution in [0.2, 0.25) is 0 Å². The van der Waals surface area contributed by atoms with Gasteiger partial charge >= 0.3 is 0 Å². The lowest BCUT2D eigenvalue weighted by molar-refractivity contribution is 0.223. The van der Waals surface area contributed by atoms with Gasteiger partial charge in [0.2, 0.25) is 0 Å². The average molecular weight is 735 g/mol. The Kier molecular flexibility index (Phi) is 7.01. The monoisotopic (exact) mass is 734 g/mol. The minimum atomic E-state index is -0.399. The first-order chi connectivity index (χ1) is 28.3. The summed E-state index contributed by atoms with van der Waals surface area (Å²) in [4.78, 5) is 12.7. The van der Waals surface area contributed by atoms with Crippen LogP contribution in [0.1, 0.15) is 46.1 Å². The van der Waals surface area contributed by atoms with Crippen molar-refractivity contribution in [3.63, 3.8) is 0 Å². The summed E-state index contributed by atoms with van der Waals surface area (Å²) in [5.41, 5.74) is 11.6. The van der Waals surface area contributed by atoms with E-state index in [1.807, 2.05) is 36.4 Å². The van der Waals surface area contributed by atoms with Gasteiger partial charge in [-0.25, -0.2) is 9.98 Å². The fraction of sp³-hybridized carbons (Fsp3) is 0.0588. The summed E-state index contributed by atoms with van der Waals surface area (Å²) >= 11 is 0. The number of nitrogens with zero attached hydrogens (tertiary/aromatic N) is 3. The van der Waals surface area contributed by atoms with Crippen LogP contribution in [0.3, 0.4) is 0 Å². The van der Waals surface area contributed by atoms with E-state index in [9.17, 15) is 0 Å². The fourth-order valence-electron chi connectivity index (χ4n) is 9.17. The second-order valence-corrected chi connectivity index (χ2v) is 14.9. The minimum absolute atomic E-state index is 0.0489. The predicted octanol–water partition coefficient (Wildman–Crippen LogP) is 12.2. The van der Waals surface area contributed by atoms with E-state index in [0.29, 0.717) is 5.84 Å². The van der Waals surface area contributed by atoms with Crippen LogP contribution in [-0.2, 0) is 0 Å². The molecular weight excluding hydrogens is 701 g/mol. The highest BCUT2D eigenvalue weighted by Gasteiger charge is 2.47. The number of nitrogens with one attached hydrogen (secondary N) is 1. The van der Waals surface area contributed by atoms with Gasteiger partial charge in [0.1, 0.15) is 35.0 Å². The molecule has 6 heteroatoms. The number of fused-ring (bicyclic) bond motifs is 10. The van der Waals surface area contributed by atoms with Crippen LogP contribution in [0.4, 0.5) is 11.4 Å². The summed E-state index contributed by atoms with van der Waals surface area (Å²) in [6, 6.07) is 63.7. The smallest absolute Gasteiger partial charge is 0.159 e. The Hall–Kier alpha value is -7.44. The minimum Gasteiger partial charge on any atom is -0.483 e. The van der Waals surface area contributed by atoms with E-state index in [4.69, 9.17) is 19.1 Å². The molecule has 0 radical (unpaired) electrons. The van der Waals surface area contributed by atoms with Crippen LogP contribution in [0, 0.1) is 0 Å². The molecule has 0 amide bonds. The van der Waals surface area contributed by atoms with Gasteiger partial charge in [-0.3, -0.25) is 0 Å². The number of rotatable bonds is 5. The maximum absolute atomic E-state index is 6.82. The number of aliphatic imine (C=N–C) groups is 2. The van der Waals surface area contributed by atoms with Crippen LogP contribution in [0.15, 0.2) is 196 Å². The molecule has 0 bridgehead atoms. The summed E-state index contributed by atoms with van der Waals surface area (Å²) in [5, 5.41) is 8.10. The Morgan fingerprint density at radius 1 is 0.526 bits per heavy atom. The van der Waals surface area contributed by atoms with Crippen molar-refractivity contribution in [3.8, 4) is 16.9 Å². The zero-order chi connectivity index (χ0) is 37.5. The lowest BCUT2D eigenvalue weighted by Crippen LogP contribution is -2.33.